The van der Waals surface area contributed by atoms with Crippen LogP contribution in [0.15, 0.2) is 84.0 Å². The molecular weight excluding hydrogens is 561 g/mol. The van der Waals surface area contributed by atoms with Crippen LogP contribution in [-0.2, 0) is 17.5 Å². The molecule has 0 saturated carbocycles. The Morgan fingerprint density at radius 3 is 2.02 bits per heavy atom. The van der Waals surface area contributed by atoms with Crippen molar-refractivity contribution in [3.63, 3.8) is 0 Å². The van der Waals surface area contributed by atoms with Crippen molar-refractivity contribution in [3.05, 3.63) is 95.6 Å². The summed E-state index contributed by atoms with van der Waals surface area (Å²) < 4.78 is 44.7. The number of halogens is 3. The summed E-state index contributed by atoms with van der Waals surface area (Å²) in [6.07, 6.45) is -3.14. The highest BCUT2D eigenvalue weighted by Crippen LogP contribution is 2.35. The molecule has 7 N–H and O–H groups in total. The molecule has 11 heteroatoms. The monoisotopic (exact) mass is 606 g/mol. The highest BCUT2D eigenvalue weighted by molar-refractivity contribution is 8.00. The van der Waals surface area contributed by atoms with Crippen molar-refractivity contribution < 1.29 is 17.9 Å². The maximum atomic E-state index is 12.8. The average molecular weight is 607 g/mol. The predicted molar refractivity (Wildman–Crippen MR) is 171 cm³/mol. The van der Waals surface area contributed by atoms with E-state index in [4.69, 9.17) is 16.3 Å². The molecule has 4 rings (SSSR count). The van der Waals surface area contributed by atoms with Crippen molar-refractivity contribution in [3.8, 4) is 0 Å². The first-order chi connectivity index (χ1) is 20.2. The number of nitrogens with one attached hydrogen (secondary N) is 1. The van der Waals surface area contributed by atoms with Crippen LogP contribution < -0.4 is 22.6 Å². The zero-order valence-electron chi connectivity index (χ0n) is 25.1. The van der Waals surface area contributed by atoms with Gasteiger partial charge in [-0.3, -0.25) is 0 Å². The highest BCUT2D eigenvalue weighted by atomic mass is 32.2. The number of nitrogens with zero attached hydrogens (tertiary/aromatic N) is 2. The lowest BCUT2D eigenvalue weighted by atomic mass is 10.1. The quantitative estimate of drug-likeness (QED) is 0.0901. The van der Waals surface area contributed by atoms with Gasteiger partial charge in [-0.05, 0) is 49.0 Å². The second-order valence-electron chi connectivity index (χ2n) is 8.99. The summed E-state index contributed by atoms with van der Waals surface area (Å²) in [7, 11) is 1.50. The number of hydrazone groups is 1. The van der Waals surface area contributed by atoms with Crippen LogP contribution in [0.1, 0.15) is 50.8 Å². The van der Waals surface area contributed by atoms with Crippen LogP contribution in [0, 0.1) is 0 Å². The Labute approximate surface area is 252 Å². The predicted octanol–water partition coefficient (Wildman–Crippen LogP) is 6.96. The summed E-state index contributed by atoms with van der Waals surface area (Å²) in [6, 6.07) is 21.8. The Hall–Kier alpha value is -3.25. The van der Waals surface area contributed by atoms with Crippen LogP contribution >= 0.6 is 11.8 Å². The van der Waals surface area contributed by atoms with Crippen LogP contribution in [0.3, 0.4) is 0 Å². The number of hydrogen-bond donors (Lipinski definition) is 4. The molecule has 3 aromatic rings. The molecule has 0 bridgehead atoms. The van der Waals surface area contributed by atoms with E-state index >= 15 is 0 Å². The SMILES string of the molecule is CC.CCC.CN.N/C(=N\N(N)CC1(OCc2ccccc2)CSC1)c1ccccc1Nc1ccc(C(F)(F)F)cc1. The fourth-order valence-corrected chi connectivity index (χ4v) is 4.61. The number of ether oxygens (including phenoxy) is 1. The number of rotatable bonds is 9. The van der Waals surface area contributed by atoms with Gasteiger partial charge in [-0.2, -0.15) is 24.9 Å². The standard InChI is InChI=1S/C25H26F3N5OS.C3H8.C2H6.CH5N/c26-25(27,28)19-10-12-20(13-11-19)31-22-9-5-4-8-21(22)23(29)32-33(30)15-24(16-35-17-24)34-14-18-6-2-1-3-7-18;1-3-2;2*1-2/h1-13,31H,14-17,30H2,(H2,29,32);3H2,1-2H3;1-2H3;2H2,1H3. The van der Waals surface area contributed by atoms with E-state index in [1.165, 1.54) is 30.7 Å². The van der Waals surface area contributed by atoms with E-state index in [2.05, 4.69) is 30.0 Å². The molecule has 1 aliphatic rings. The van der Waals surface area contributed by atoms with E-state index in [0.717, 1.165) is 29.2 Å². The summed E-state index contributed by atoms with van der Waals surface area (Å²) in [5.74, 6) is 7.96. The molecule has 3 aromatic carbocycles. The number of para-hydroxylation sites is 1. The smallest absolute Gasteiger partial charge is 0.382 e. The van der Waals surface area contributed by atoms with E-state index in [1.807, 2.05) is 44.2 Å². The number of nitrogens with two attached hydrogens (primary N) is 3. The molecule has 0 spiro atoms. The number of benzene rings is 3. The lowest BCUT2D eigenvalue weighted by Crippen LogP contribution is -2.55. The first kappa shape index (κ1) is 36.8. The molecule has 0 atom stereocenters. The zero-order valence-corrected chi connectivity index (χ0v) is 25.9. The fourth-order valence-electron chi connectivity index (χ4n) is 3.60. The second kappa shape index (κ2) is 19.0. The van der Waals surface area contributed by atoms with E-state index in [1.54, 1.807) is 36.0 Å². The van der Waals surface area contributed by atoms with Gasteiger partial charge >= 0.3 is 6.18 Å². The summed E-state index contributed by atoms with van der Waals surface area (Å²) in [4.78, 5) is 0. The number of anilines is 2. The summed E-state index contributed by atoms with van der Waals surface area (Å²) >= 11 is 1.78. The van der Waals surface area contributed by atoms with Crippen molar-refractivity contribution >= 4 is 29.0 Å². The molecule has 1 fully saturated rings. The first-order valence-electron chi connectivity index (χ1n) is 13.9. The molecular formula is C31H45F3N6OS. The average Bonchev–Trinajstić information content (AvgIpc) is 2.97. The van der Waals surface area contributed by atoms with E-state index in [0.29, 0.717) is 30.1 Å². The minimum absolute atomic E-state index is 0.174. The van der Waals surface area contributed by atoms with Crippen LogP contribution in [0.5, 0.6) is 0 Å². The molecule has 0 amide bonds. The molecule has 0 unspecified atom stereocenters. The molecule has 0 aliphatic carbocycles. The fraction of sp³-hybridized carbons (Fsp3) is 0.387. The Balaban J connectivity index is 0.00000116. The van der Waals surface area contributed by atoms with E-state index < -0.39 is 17.3 Å². The van der Waals surface area contributed by atoms with E-state index in [-0.39, 0.29) is 5.84 Å². The highest BCUT2D eigenvalue weighted by Gasteiger charge is 2.40. The van der Waals surface area contributed by atoms with Crippen LogP contribution in [0.4, 0.5) is 24.5 Å². The largest absolute Gasteiger partial charge is 0.416 e. The molecule has 232 valence electrons. The second-order valence-corrected chi connectivity index (χ2v) is 9.97. The minimum Gasteiger partial charge on any atom is -0.382 e. The van der Waals surface area contributed by atoms with Gasteiger partial charge < -0.3 is 21.5 Å². The Morgan fingerprint density at radius 2 is 1.50 bits per heavy atom. The lowest BCUT2D eigenvalue weighted by Gasteiger charge is -2.42. The van der Waals surface area contributed by atoms with Crippen LogP contribution in [0.2, 0.25) is 0 Å². The van der Waals surface area contributed by atoms with Gasteiger partial charge in [0.15, 0.2) is 5.84 Å². The van der Waals surface area contributed by atoms with Crippen molar-refractivity contribution in [1.82, 2.24) is 5.12 Å². The van der Waals surface area contributed by atoms with Crippen molar-refractivity contribution in [2.75, 3.05) is 30.4 Å². The maximum Gasteiger partial charge on any atom is 0.416 e. The van der Waals surface area contributed by atoms with Gasteiger partial charge in [0.1, 0.15) is 5.60 Å². The number of thioether (sulfide) groups is 1. The van der Waals surface area contributed by atoms with Crippen molar-refractivity contribution in [2.45, 2.75) is 52.5 Å². The van der Waals surface area contributed by atoms with Gasteiger partial charge in [0.25, 0.3) is 0 Å². The molecule has 42 heavy (non-hydrogen) atoms. The zero-order chi connectivity index (χ0) is 31.6. The van der Waals surface area contributed by atoms with Gasteiger partial charge in [0.05, 0.1) is 18.7 Å². The Morgan fingerprint density at radius 1 is 0.952 bits per heavy atom. The van der Waals surface area contributed by atoms with Gasteiger partial charge in [0.2, 0.25) is 0 Å². The van der Waals surface area contributed by atoms with Gasteiger partial charge in [0, 0.05) is 28.4 Å². The third-order valence-corrected chi connectivity index (χ3v) is 6.96. The number of alkyl halides is 3. The normalized spacial score (nSPS) is 13.5. The van der Waals surface area contributed by atoms with Gasteiger partial charge in [-0.15, -0.1) is 5.10 Å². The van der Waals surface area contributed by atoms with Crippen molar-refractivity contribution in [2.24, 2.45) is 22.4 Å². The molecule has 1 saturated heterocycles. The van der Waals surface area contributed by atoms with Crippen molar-refractivity contribution in [1.29, 1.82) is 0 Å². The summed E-state index contributed by atoms with van der Waals surface area (Å²) in [5.41, 5.74) is 12.4. The summed E-state index contributed by atoms with van der Waals surface area (Å²) in [6.45, 7) is 9.09. The molecule has 1 heterocycles. The minimum atomic E-state index is -4.39. The van der Waals surface area contributed by atoms with Crippen LogP contribution in [0.25, 0.3) is 0 Å². The molecule has 7 nitrogen and oxygen atoms in total. The number of amidine groups is 1. The Kier molecular flexibility index (Phi) is 16.7. The third-order valence-electron chi connectivity index (χ3n) is 5.50. The number of hydrogen-bond acceptors (Lipinski definition) is 7. The lowest BCUT2D eigenvalue weighted by molar-refractivity contribution is -0.137. The maximum absolute atomic E-state index is 12.8. The molecule has 0 radical (unpaired) electrons. The molecule has 1 aliphatic heterocycles. The topological polar surface area (TPSA) is 115 Å². The molecule has 0 aromatic heterocycles. The van der Waals surface area contributed by atoms with Gasteiger partial charge in [-0.1, -0.05) is 76.6 Å². The third kappa shape index (κ3) is 11.9. The Bertz CT molecular complexity index is 1170. The first-order valence-corrected chi connectivity index (χ1v) is 15.0. The summed E-state index contributed by atoms with van der Waals surface area (Å²) in [5, 5.41) is 8.73. The number of hydrazine groups is 1. The van der Waals surface area contributed by atoms with Gasteiger partial charge in [-0.25, -0.2) is 11.0 Å². The van der Waals surface area contributed by atoms with E-state index in [9.17, 15) is 13.2 Å². The van der Waals surface area contributed by atoms with Crippen LogP contribution in [-0.4, -0.2) is 41.7 Å².